The molecule has 140 valence electrons. The minimum absolute atomic E-state index is 0.213. The smallest absolute Gasteiger partial charge is 0.338 e. The molecule has 2 rings (SSSR count). The second kappa shape index (κ2) is 9.19. The first-order valence-electron chi connectivity index (χ1n) is 8.46. The standard InChI is InChI=1S/C19H22BrNO4S/c1-3-5-14-21(26(23,24)18-9-7-6-8-17(18)20)16-12-10-15(11-13-16)19(22)25-4-2/h6-13H,3-5,14H2,1-2H3. The number of anilines is 1. The SMILES string of the molecule is CCCCN(c1ccc(C(=O)OCC)cc1)S(=O)(=O)c1ccccc1Br. The van der Waals surface area contributed by atoms with Gasteiger partial charge in [0.1, 0.15) is 4.90 Å². The van der Waals surface area contributed by atoms with Gasteiger partial charge >= 0.3 is 5.97 Å². The van der Waals surface area contributed by atoms with E-state index in [1.54, 1.807) is 55.5 Å². The van der Waals surface area contributed by atoms with Crippen molar-refractivity contribution in [3.63, 3.8) is 0 Å². The van der Waals surface area contributed by atoms with E-state index in [2.05, 4.69) is 15.9 Å². The van der Waals surface area contributed by atoms with Gasteiger partial charge in [0.2, 0.25) is 0 Å². The molecule has 26 heavy (non-hydrogen) atoms. The van der Waals surface area contributed by atoms with E-state index in [0.717, 1.165) is 12.8 Å². The number of halogens is 1. The van der Waals surface area contributed by atoms with Gasteiger partial charge in [0, 0.05) is 11.0 Å². The fourth-order valence-corrected chi connectivity index (χ4v) is 4.91. The molecule has 0 amide bonds. The summed E-state index contributed by atoms with van der Waals surface area (Å²) in [4.78, 5) is 12.0. The molecule has 0 fully saturated rings. The van der Waals surface area contributed by atoms with E-state index in [9.17, 15) is 13.2 Å². The predicted octanol–water partition coefficient (Wildman–Crippen LogP) is 4.62. The molecule has 0 spiro atoms. The van der Waals surface area contributed by atoms with E-state index in [0.29, 0.717) is 28.9 Å². The Bertz CT molecular complexity index is 850. The normalized spacial score (nSPS) is 11.2. The van der Waals surface area contributed by atoms with Crippen molar-refractivity contribution in [2.75, 3.05) is 17.5 Å². The van der Waals surface area contributed by atoms with Crippen LogP contribution in [-0.2, 0) is 14.8 Å². The number of carbonyl (C=O) groups is 1. The zero-order valence-electron chi connectivity index (χ0n) is 14.8. The Balaban J connectivity index is 2.41. The monoisotopic (exact) mass is 439 g/mol. The number of benzene rings is 2. The molecular weight excluding hydrogens is 418 g/mol. The Morgan fingerprint density at radius 1 is 1.08 bits per heavy atom. The van der Waals surface area contributed by atoms with E-state index in [1.165, 1.54) is 4.31 Å². The Morgan fingerprint density at radius 3 is 2.31 bits per heavy atom. The van der Waals surface area contributed by atoms with Crippen LogP contribution in [0.15, 0.2) is 57.9 Å². The lowest BCUT2D eigenvalue weighted by Crippen LogP contribution is -2.32. The van der Waals surface area contributed by atoms with Gasteiger partial charge in [-0.25, -0.2) is 13.2 Å². The second-order valence-electron chi connectivity index (χ2n) is 5.63. The van der Waals surface area contributed by atoms with E-state index in [4.69, 9.17) is 4.74 Å². The molecule has 7 heteroatoms. The molecule has 0 atom stereocenters. The Labute approximate surface area is 163 Å². The summed E-state index contributed by atoms with van der Waals surface area (Å²) in [7, 11) is -3.73. The summed E-state index contributed by atoms with van der Waals surface area (Å²) in [6.07, 6.45) is 1.59. The fraction of sp³-hybridized carbons (Fsp3) is 0.316. The molecule has 0 saturated carbocycles. The van der Waals surface area contributed by atoms with E-state index in [-0.39, 0.29) is 4.90 Å². The summed E-state index contributed by atoms with van der Waals surface area (Å²) in [6, 6.07) is 13.2. The molecule has 0 bridgehead atoms. The molecule has 0 aromatic heterocycles. The number of hydrogen-bond donors (Lipinski definition) is 0. The molecule has 2 aromatic carbocycles. The summed E-state index contributed by atoms with van der Waals surface area (Å²) in [5.74, 6) is -0.423. The first-order valence-corrected chi connectivity index (χ1v) is 10.7. The number of hydrogen-bond acceptors (Lipinski definition) is 4. The molecule has 0 N–H and O–H groups in total. The number of carbonyl (C=O) groups excluding carboxylic acids is 1. The van der Waals surface area contributed by atoms with Gasteiger partial charge in [-0.3, -0.25) is 4.31 Å². The zero-order valence-corrected chi connectivity index (χ0v) is 17.2. The van der Waals surface area contributed by atoms with Crippen molar-refractivity contribution < 1.29 is 17.9 Å². The number of ether oxygens (including phenoxy) is 1. The summed E-state index contributed by atoms with van der Waals surface area (Å²) in [6.45, 7) is 4.40. The van der Waals surface area contributed by atoms with Crippen LogP contribution in [0.4, 0.5) is 5.69 Å². The van der Waals surface area contributed by atoms with Crippen molar-refractivity contribution in [1.29, 1.82) is 0 Å². The number of esters is 1. The van der Waals surface area contributed by atoms with Gasteiger partial charge in [-0.15, -0.1) is 0 Å². The Kier molecular flexibility index (Phi) is 7.23. The minimum atomic E-state index is -3.73. The first-order chi connectivity index (χ1) is 12.4. The van der Waals surface area contributed by atoms with Crippen LogP contribution < -0.4 is 4.31 Å². The highest BCUT2D eigenvalue weighted by molar-refractivity contribution is 9.10. The third kappa shape index (κ3) is 4.65. The van der Waals surface area contributed by atoms with Gasteiger partial charge in [-0.2, -0.15) is 0 Å². The molecule has 2 aromatic rings. The molecule has 0 aliphatic heterocycles. The molecule has 0 aliphatic rings. The van der Waals surface area contributed by atoms with Crippen LogP contribution in [0.25, 0.3) is 0 Å². The van der Waals surface area contributed by atoms with Gasteiger partial charge in [-0.05, 0) is 65.7 Å². The van der Waals surface area contributed by atoms with Crippen LogP contribution in [0, 0.1) is 0 Å². The second-order valence-corrected chi connectivity index (χ2v) is 8.31. The Hall–Kier alpha value is -1.86. The quantitative estimate of drug-likeness (QED) is 0.562. The van der Waals surface area contributed by atoms with Crippen molar-refractivity contribution in [2.24, 2.45) is 0 Å². The summed E-state index contributed by atoms with van der Waals surface area (Å²) in [5.41, 5.74) is 0.909. The van der Waals surface area contributed by atoms with Crippen molar-refractivity contribution in [1.82, 2.24) is 0 Å². The number of sulfonamides is 1. The highest BCUT2D eigenvalue weighted by atomic mass is 79.9. The van der Waals surface area contributed by atoms with Crippen LogP contribution in [0.1, 0.15) is 37.0 Å². The molecule has 0 heterocycles. The van der Waals surface area contributed by atoms with Gasteiger partial charge in [0.05, 0.1) is 17.9 Å². The van der Waals surface area contributed by atoms with Crippen molar-refractivity contribution in [3.8, 4) is 0 Å². The highest BCUT2D eigenvalue weighted by Gasteiger charge is 2.26. The maximum absolute atomic E-state index is 13.2. The summed E-state index contributed by atoms with van der Waals surface area (Å²) in [5, 5.41) is 0. The third-order valence-corrected chi connectivity index (χ3v) is 6.63. The van der Waals surface area contributed by atoms with Gasteiger partial charge < -0.3 is 4.74 Å². The van der Waals surface area contributed by atoms with Crippen LogP contribution in [-0.4, -0.2) is 27.5 Å². The zero-order chi connectivity index (χ0) is 19.2. The van der Waals surface area contributed by atoms with Crippen molar-refractivity contribution in [3.05, 3.63) is 58.6 Å². The topological polar surface area (TPSA) is 63.7 Å². The van der Waals surface area contributed by atoms with Crippen LogP contribution >= 0.6 is 15.9 Å². The number of unbranched alkanes of at least 4 members (excludes halogenated alkanes) is 1. The van der Waals surface area contributed by atoms with Crippen LogP contribution in [0.3, 0.4) is 0 Å². The lowest BCUT2D eigenvalue weighted by Gasteiger charge is -2.25. The first kappa shape index (κ1) is 20.5. The van der Waals surface area contributed by atoms with Gasteiger partial charge in [-0.1, -0.05) is 25.5 Å². The third-order valence-electron chi connectivity index (χ3n) is 3.79. The lowest BCUT2D eigenvalue weighted by molar-refractivity contribution is 0.0526. The van der Waals surface area contributed by atoms with Crippen molar-refractivity contribution >= 4 is 37.6 Å². The number of rotatable bonds is 8. The molecule has 0 aliphatic carbocycles. The minimum Gasteiger partial charge on any atom is -0.462 e. The summed E-state index contributed by atoms with van der Waals surface area (Å²) >= 11 is 3.32. The molecule has 0 saturated heterocycles. The lowest BCUT2D eigenvalue weighted by atomic mass is 10.2. The van der Waals surface area contributed by atoms with Crippen LogP contribution in [0.5, 0.6) is 0 Å². The van der Waals surface area contributed by atoms with E-state index in [1.807, 2.05) is 6.92 Å². The molecule has 5 nitrogen and oxygen atoms in total. The van der Waals surface area contributed by atoms with Gasteiger partial charge in [0.25, 0.3) is 10.0 Å². The Morgan fingerprint density at radius 2 is 1.73 bits per heavy atom. The largest absolute Gasteiger partial charge is 0.462 e. The van der Waals surface area contributed by atoms with Gasteiger partial charge in [0.15, 0.2) is 0 Å². The predicted molar refractivity (Wildman–Crippen MR) is 106 cm³/mol. The van der Waals surface area contributed by atoms with Crippen LogP contribution in [0.2, 0.25) is 0 Å². The molecule has 0 unspecified atom stereocenters. The molecule has 0 radical (unpaired) electrons. The van der Waals surface area contributed by atoms with Crippen molar-refractivity contribution in [2.45, 2.75) is 31.6 Å². The average molecular weight is 440 g/mol. The summed E-state index contributed by atoms with van der Waals surface area (Å²) < 4.78 is 33.2. The van der Waals surface area contributed by atoms with E-state index >= 15 is 0 Å². The fourth-order valence-electron chi connectivity index (χ4n) is 2.44. The van der Waals surface area contributed by atoms with E-state index < -0.39 is 16.0 Å². The highest BCUT2D eigenvalue weighted by Crippen LogP contribution is 2.29. The maximum Gasteiger partial charge on any atom is 0.338 e. The number of nitrogens with zero attached hydrogens (tertiary/aromatic N) is 1. The maximum atomic E-state index is 13.2. The molecular formula is C19H22BrNO4S. The average Bonchev–Trinajstić information content (AvgIpc) is 2.63.